The molecule has 2 aromatic rings. The van der Waals surface area contributed by atoms with Gasteiger partial charge in [0.1, 0.15) is 0 Å². The van der Waals surface area contributed by atoms with Crippen molar-refractivity contribution < 1.29 is 0 Å². The molecule has 1 aromatic heterocycles. The number of hydrogen-bond acceptors (Lipinski definition) is 4. The molecule has 0 bridgehead atoms. The summed E-state index contributed by atoms with van der Waals surface area (Å²) in [6, 6.07) is 4.44. The summed E-state index contributed by atoms with van der Waals surface area (Å²) in [7, 11) is 2.05. The van der Waals surface area contributed by atoms with E-state index in [0.29, 0.717) is 6.54 Å². The third kappa shape index (κ3) is 2.40. The molecular formula is C14H19N3S. The topological polar surface area (TPSA) is 42.2 Å². The molecule has 0 amide bonds. The lowest BCUT2D eigenvalue weighted by Crippen LogP contribution is -2.11. The molecular weight excluding hydrogens is 242 g/mol. The number of thiazole rings is 1. The number of aryl methyl sites for hydroxylation is 3. The van der Waals surface area contributed by atoms with Crippen LogP contribution in [0, 0.1) is 20.8 Å². The van der Waals surface area contributed by atoms with Crippen LogP contribution >= 0.6 is 11.3 Å². The number of hydrogen-bond donors (Lipinski definition) is 1. The van der Waals surface area contributed by atoms with E-state index in [1.807, 2.05) is 6.20 Å². The van der Waals surface area contributed by atoms with Crippen molar-refractivity contribution in [2.24, 2.45) is 5.73 Å². The van der Waals surface area contributed by atoms with E-state index >= 15 is 0 Å². The highest BCUT2D eigenvalue weighted by Crippen LogP contribution is 2.31. The van der Waals surface area contributed by atoms with Gasteiger partial charge in [-0.1, -0.05) is 6.07 Å². The van der Waals surface area contributed by atoms with E-state index in [0.717, 1.165) is 10.0 Å². The molecule has 3 nitrogen and oxygen atoms in total. The van der Waals surface area contributed by atoms with Gasteiger partial charge in [-0.15, -0.1) is 11.3 Å². The van der Waals surface area contributed by atoms with E-state index in [1.54, 1.807) is 11.3 Å². The second-order valence-electron chi connectivity index (χ2n) is 4.60. The minimum Gasteiger partial charge on any atom is -0.326 e. The van der Waals surface area contributed by atoms with Crippen molar-refractivity contribution in [3.63, 3.8) is 0 Å². The molecule has 4 heteroatoms. The van der Waals surface area contributed by atoms with Gasteiger partial charge < -0.3 is 10.6 Å². The minimum atomic E-state index is 0.553. The molecule has 0 saturated heterocycles. The Hall–Kier alpha value is -1.39. The SMILES string of the molecule is Cc1cc(C)c(N(C)c2ncc(CN)s2)cc1C. The molecule has 18 heavy (non-hydrogen) atoms. The van der Waals surface area contributed by atoms with Gasteiger partial charge >= 0.3 is 0 Å². The number of aromatic nitrogens is 1. The molecule has 0 radical (unpaired) electrons. The predicted molar refractivity (Wildman–Crippen MR) is 78.7 cm³/mol. The van der Waals surface area contributed by atoms with E-state index in [-0.39, 0.29) is 0 Å². The summed E-state index contributed by atoms with van der Waals surface area (Å²) in [4.78, 5) is 7.66. The zero-order valence-electron chi connectivity index (χ0n) is 11.3. The van der Waals surface area contributed by atoms with Crippen LogP contribution < -0.4 is 10.6 Å². The summed E-state index contributed by atoms with van der Waals surface area (Å²) in [5.41, 5.74) is 10.7. The maximum absolute atomic E-state index is 5.63. The third-order valence-electron chi connectivity index (χ3n) is 3.20. The van der Waals surface area contributed by atoms with Gasteiger partial charge in [0.05, 0.1) is 0 Å². The Bertz CT molecular complexity index is 560. The molecule has 0 saturated carbocycles. The van der Waals surface area contributed by atoms with Gasteiger partial charge in [0.25, 0.3) is 0 Å². The van der Waals surface area contributed by atoms with Crippen LogP contribution in [0.5, 0.6) is 0 Å². The molecule has 96 valence electrons. The van der Waals surface area contributed by atoms with Crippen molar-refractivity contribution in [3.8, 4) is 0 Å². The number of anilines is 2. The molecule has 0 aliphatic rings. The van der Waals surface area contributed by atoms with E-state index < -0.39 is 0 Å². The lowest BCUT2D eigenvalue weighted by atomic mass is 10.0. The average molecular weight is 261 g/mol. The highest BCUT2D eigenvalue weighted by atomic mass is 32.1. The zero-order valence-corrected chi connectivity index (χ0v) is 12.1. The Morgan fingerprint density at radius 1 is 1.17 bits per heavy atom. The van der Waals surface area contributed by atoms with Crippen molar-refractivity contribution in [1.29, 1.82) is 0 Å². The molecule has 2 rings (SSSR count). The predicted octanol–water partition coefficient (Wildman–Crippen LogP) is 3.29. The highest BCUT2D eigenvalue weighted by Gasteiger charge is 2.12. The van der Waals surface area contributed by atoms with Gasteiger partial charge in [0.2, 0.25) is 0 Å². The van der Waals surface area contributed by atoms with E-state index in [2.05, 4.69) is 49.8 Å². The van der Waals surface area contributed by atoms with Crippen LogP contribution in [-0.4, -0.2) is 12.0 Å². The lowest BCUT2D eigenvalue weighted by molar-refractivity contribution is 1.09. The maximum Gasteiger partial charge on any atom is 0.189 e. The van der Waals surface area contributed by atoms with Crippen LogP contribution in [0.15, 0.2) is 18.3 Å². The Labute approximate surface area is 112 Å². The number of rotatable bonds is 3. The fourth-order valence-corrected chi connectivity index (χ4v) is 2.72. The van der Waals surface area contributed by atoms with Crippen molar-refractivity contribution in [3.05, 3.63) is 39.9 Å². The van der Waals surface area contributed by atoms with Gasteiger partial charge in [0.15, 0.2) is 5.13 Å². The van der Waals surface area contributed by atoms with Crippen LogP contribution in [0.1, 0.15) is 21.6 Å². The van der Waals surface area contributed by atoms with Crippen LogP contribution in [0.4, 0.5) is 10.8 Å². The summed E-state index contributed by atoms with van der Waals surface area (Å²) < 4.78 is 0. The summed E-state index contributed by atoms with van der Waals surface area (Å²) in [6.45, 7) is 6.97. The fourth-order valence-electron chi connectivity index (χ4n) is 1.96. The Morgan fingerprint density at radius 3 is 2.44 bits per heavy atom. The number of benzene rings is 1. The molecule has 0 spiro atoms. The van der Waals surface area contributed by atoms with Gasteiger partial charge in [-0.05, 0) is 43.5 Å². The van der Waals surface area contributed by atoms with E-state index in [9.17, 15) is 0 Å². The zero-order chi connectivity index (χ0) is 13.3. The molecule has 1 aromatic carbocycles. The minimum absolute atomic E-state index is 0.553. The second kappa shape index (κ2) is 5.08. The molecule has 0 fully saturated rings. The number of nitrogens with two attached hydrogens (primary N) is 1. The summed E-state index contributed by atoms with van der Waals surface area (Å²) in [6.07, 6.45) is 1.85. The average Bonchev–Trinajstić information content (AvgIpc) is 2.81. The van der Waals surface area contributed by atoms with E-state index in [4.69, 9.17) is 5.73 Å². The quantitative estimate of drug-likeness (QED) is 0.922. The van der Waals surface area contributed by atoms with Crippen molar-refractivity contribution in [2.45, 2.75) is 27.3 Å². The standard InChI is InChI=1S/C14H19N3S/c1-9-5-11(3)13(6-10(9)2)17(4)14-16-8-12(7-15)18-14/h5-6,8H,7,15H2,1-4H3. The van der Waals surface area contributed by atoms with Gasteiger partial charge in [-0.25, -0.2) is 4.98 Å². The summed E-state index contributed by atoms with van der Waals surface area (Å²) >= 11 is 1.64. The Morgan fingerprint density at radius 2 is 1.83 bits per heavy atom. The van der Waals surface area contributed by atoms with Crippen LogP contribution in [0.3, 0.4) is 0 Å². The van der Waals surface area contributed by atoms with Crippen LogP contribution in [-0.2, 0) is 6.54 Å². The first-order valence-electron chi connectivity index (χ1n) is 5.99. The normalized spacial score (nSPS) is 10.7. The van der Waals surface area contributed by atoms with Crippen LogP contribution in [0.25, 0.3) is 0 Å². The first kappa shape index (κ1) is 13.1. The third-order valence-corrected chi connectivity index (χ3v) is 4.30. The Kier molecular flexibility index (Phi) is 3.68. The molecule has 0 aliphatic carbocycles. The largest absolute Gasteiger partial charge is 0.326 e. The maximum atomic E-state index is 5.63. The first-order valence-corrected chi connectivity index (χ1v) is 6.81. The van der Waals surface area contributed by atoms with Gasteiger partial charge in [-0.2, -0.15) is 0 Å². The van der Waals surface area contributed by atoms with Crippen molar-refractivity contribution >= 4 is 22.2 Å². The molecule has 0 atom stereocenters. The van der Waals surface area contributed by atoms with Crippen LogP contribution in [0.2, 0.25) is 0 Å². The molecule has 1 heterocycles. The number of nitrogens with zero attached hydrogens (tertiary/aromatic N) is 2. The summed E-state index contributed by atoms with van der Waals surface area (Å²) in [5.74, 6) is 0. The monoisotopic (exact) mass is 261 g/mol. The molecule has 2 N–H and O–H groups in total. The second-order valence-corrected chi connectivity index (χ2v) is 5.69. The fraction of sp³-hybridized carbons (Fsp3) is 0.357. The smallest absolute Gasteiger partial charge is 0.189 e. The molecule has 0 aliphatic heterocycles. The van der Waals surface area contributed by atoms with E-state index in [1.165, 1.54) is 22.4 Å². The first-order chi connectivity index (χ1) is 8.52. The highest BCUT2D eigenvalue weighted by molar-refractivity contribution is 7.15. The Balaban J connectivity index is 2.39. The summed E-state index contributed by atoms with van der Waals surface area (Å²) in [5, 5.41) is 0.988. The van der Waals surface area contributed by atoms with Gasteiger partial charge in [-0.3, -0.25) is 0 Å². The van der Waals surface area contributed by atoms with Crippen molar-refractivity contribution in [2.75, 3.05) is 11.9 Å². The van der Waals surface area contributed by atoms with Crippen molar-refractivity contribution in [1.82, 2.24) is 4.98 Å². The molecule has 0 unspecified atom stereocenters. The lowest BCUT2D eigenvalue weighted by Gasteiger charge is -2.20. The van der Waals surface area contributed by atoms with Gasteiger partial charge in [0, 0.05) is 30.4 Å².